The fourth-order valence-corrected chi connectivity index (χ4v) is 3.48. The normalized spacial score (nSPS) is 18.1. The summed E-state index contributed by atoms with van der Waals surface area (Å²) in [6, 6.07) is 8.37. The molecular weight excluding hydrogens is 343 g/mol. The number of nitrogens with one attached hydrogen (secondary N) is 1. The predicted octanol–water partition coefficient (Wildman–Crippen LogP) is 3.96. The van der Waals surface area contributed by atoms with Crippen LogP contribution in [0, 0.1) is 5.82 Å². The maximum atomic E-state index is 13.3. The van der Waals surface area contributed by atoms with Gasteiger partial charge in [0.25, 0.3) is 0 Å². The van der Waals surface area contributed by atoms with Crippen LogP contribution in [0.4, 0.5) is 4.39 Å². The van der Waals surface area contributed by atoms with Gasteiger partial charge in [-0.2, -0.15) is 5.10 Å². The van der Waals surface area contributed by atoms with E-state index in [1.54, 1.807) is 29.3 Å². The molecule has 3 aromatic rings. The number of allylic oxidation sites excluding steroid dienone is 2. The third-order valence-corrected chi connectivity index (χ3v) is 4.78. The smallest absolute Gasteiger partial charge is 0.123 e. The van der Waals surface area contributed by atoms with E-state index in [0.717, 1.165) is 33.7 Å². The number of aryl methyl sites for hydroxylation is 1. The molecule has 1 aromatic carbocycles. The zero-order chi connectivity index (χ0) is 18.4. The molecule has 0 spiro atoms. The summed E-state index contributed by atoms with van der Waals surface area (Å²) in [6.45, 7) is 0. The lowest BCUT2D eigenvalue weighted by Crippen LogP contribution is -2.32. The van der Waals surface area contributed by atoms with Crippen LogP contribution in [0.2, 0.25) is 0 Å². The van der Waals surface area contributed by atoms with Gasteiger partial charge in [0, 0.05) is 47.9 Å². The van der Waals surface area contributed by atoms with Gasteiger partial charge in [-0.05, 0) is 36.4 Å². The fourth-order valence-electron chi connectivity index (χ4n) is 3.48. The van der Waals surface area contributed by atoms with E-state index in [9.17, 15) is 4.39 Å². The number of rotatable bonds is 3. The number of halogens is 1. The highest BCUT2D eigenvalue weighted by atomic mass is 19.1. The van der Waals surface area contributed by atoms with E-state index < -0.39 is 0 Å². The zero-order valence-corrected chi connectivity index (χ0v) is 14.6. The SMILES string of the molecule is Cn1cc(C2=CN3C(c4ccoc4)=CNC3C=C2)c(-c2ccc(F)cc2)n1. The molecule has 1 atom stereocenters. The predicted molar refractivity (Wildman–Crippen MR) is 101 cm³/mol. The first-order valence-electron chi connectivity index (χ1n) is 8.66. The second-order valence-corrected chi connectivity index (χ2v) is 6.58. The van der Waals surface area contributed by atoms with Crippen molar-refractivity contribution in [3.05, 3.63) is 90.6 Å². The first kappa shape index (κ1) is 15.7. The van der Waals surface area contributed by atoms with Crippen molar-refractivity contribution in [1.82, 2.24) is 20.0 Å². The Balaban J connectivity index is 1.56. The summed E-state index contributed by atoms with van der Waals surface area (Å²) < 4.78 is 20.3. The molecule has 27 heavy (non-hydrogen) atoms. The van der Waals surface area contributed by atoms with Gasteiger partial charge in [0.05, 0.1) is 18.2 Å². The van der Waals surface area contributed by atoms with Gasteiger partial charge in [-0.3, -0.25) is 4.68 Å². The average molecular weight is 360 g/mol. The second kappa shape index (κ2) is 6.02. The molecule has 0 bridgehead atoms. The number of hydrogen-bond acceptors (Lipinski definition) is 4. The van der Waals surface area contributed by atoms with Crippen molar-refractivity contribution in [3.63, 3.8) is 0 Å². The summed E-state index contributed by atoms with van der Waals surface area (Å²) in [5, 5.41) is 7.95. The van der Waals surface area contributed by atoms with Gasteiger partial charge in [0.15, 0.2) is 0 Å². The lowest BCUT2D eigenvalue weighted by Gasteiger charge is -2.27. The van der Waals surface area contributed by atoms with Gasteiger partial charge in [0.1, 0.15) is 17.7 Å². The molecule has 6 heteroatoms. The van der Waals surface area contributed by atoms with Crippen LogP contribution in [0.25, 0.3) is 22.5 Å². The van der Waals surface area contributed by atoms with E-state index in [1.807, 2.05) is 25.5 Å². The zero-order valence-electron chi connectivity index (χ0n) is 14.6. The van der Waals surface area contributed by atoms with Gasteiger partial charge in [-0.15, -0.1) is 0 Å². The molecule has 0 saturated carbocycles. The first-order valence-corrected chi connectivity index (χ1v) is 8.66. The molecule has 1 N–H and O–H groups in total. The van der Waals surface area contributed by atoms with Crippen LogP contribution >= 0.6 is 0 Å². The maximum absolute atomic E-state index is 13.3. The number of furan rings is 1. The van der Waals surface area contributed by atoms with Crippen LogP contribution < -0.4 is 5.32 Å². The molecule has 5 nitrogen and oxygen atoms in total. The van der Waals surface area contributed by atoms with E-state index in [-0.39, 0.29) is 12.0 Å². The van der Waals surface area contributed by atoms with Crippen LogP contribution in [-0.4, -0.2) is 20.8 Å². The molecule has 134 valence electrons. The number of aromatic nitrogens is 2. The number of nitrogens with zero attached hydrogens (tertiary/aromatic N) is 3. The van der Waals surface area contributed by atoms with Gasteiger partial charge in [-0.25, -0.2) is 4.39 Å². The summed E-state index contributed by atoms with van der Waals surface area (Å²) >= 11 is 0. The van der Waals surface area contributed by atoms with Crippen molar-refractivity contribution < 1.29 is 8.81 Å². The minimum atomic E-state index is -0.256. The molecule has 2 aliphatic rings. The Morgan fingerprint density at radius 3 is 2.78 bits per heavy atom. The Hall–Kier alpha value is -3.54. The average Bonchev–Trinajstić information content (AvgIpc) is 3.40. The minimum Gasteiger partial charge on any atom is -0.472 e. The molecule has 0 radical (unpaired) electrons. The van der Waals surface area contributed by atoms with Crippen molar-refractivity contribution in [3.8, 4) is 11.3 Å². The lowest BCUT2D eigenvalue weighted by molar-refractivity contribution is 0.443. The van der Waals surface area contributed by atoms with Crippen LogP contribution in [0.1, 0.15) is 11.1 Å². The highest BCUT2D eigenvalue weighted by molar-refractivity contribution is 5.85. The number of hydrogen-bond donors (Lipinski definition) is 1. The van der Waals surface area contributed by atoms with Gasteiger partial charge >= 0.3 is 0 Å². The highest BCUT2D eigenvalue weighted by Crippen LogP contribution is 2.35. The standard InChI is InChI=1S/C21H17FN4O/c1-25-12-18(21(24-25)14-2-5-17(22)6-3-14)15-4-7-20-23-10-19(26(20)11-15)16-8-9-27-13-16/h2-13,20,23H,1H3. The van der Waals surface area contributed by atoms with Crippen molar-refractivity contribution in [2.75, 3.05) is 0 Å². The van der Waals surface area contributed by atoms with E-state index in [4.69, 9.17) is 4.42 Å². The largest absolute Gasteiger partial charge is 0.472 e. The fraction of sp³-hybridized carbons (Fsp3) is 0.0952. The summed E-state index contributed by atoms with van der Waals surface area (Å²) in [5.74, 6) is -0.256. The molecule has 2 aliphatic heterocycles. The summed E-state index contributed by atoms with van der Waals surface area (Å²) in [4.78, 5) is 2.17. The molecule has 0 aliphatic carbocycles. The van der Waals surface area contributed by atoms with Crippen molar-refractivity contribution >= 4 is 11.3 Å². The van der Waals surface area contributed by atoms with E-state index in [1.165, 1.54) is 12.1 Å². The topological polar surface area (TPSA) is 46.2 Å². The third kappa shape index (κ3) is 2.66. The van der Waals surface area contributed by atoms with E-state index in [2.05, 4.69) is 33.7 Å². The van der Waals surface area contributed by atoms with E-state index in [0.29, 0.717) is 0 Å². The summed E-state index contributed by atoms with van der Waals surface area (Å²) in [6.07, 6.45) is 13.8. The lowest BCUT2D eigenvalue weighted by atomic mass is 10.00. The van der Waals surface area contributed by atoms with Crippen LogP contribution in [0.3, 0.4) is 0 Å². The van der Waals surface area contributed by atoms with Crippen LogP contribution in [-0.2, 0) is 7.05 Å². The molecule has 5 rings (SSSR count). The Kier molecular flexibility index (Phi) is 3.50. The van der Waals surface area contributed by atoms with Gasteiger partial charge in [0.2, 0.25) is 0 Å². The molecule has 1 unspecified atom stereocenters. The summed E-state index contributed by atoms with van der Waals surface area (Å²) in [7, 11) is 1.89. The molecule has 4 heterocycles. The molecule has 0 amide bonds. The van der Waals surface area contributed by atoms with Crippen molar-refractivity contribution in [2.45, 2.75) is 6.17 Å². The monoisotopic (exact) mass is 360 g/mol. The Labute approximate surface area is 155 Å². The Morgan fingerprint density at radius 2 is 2.00 bits per heavy atom. The van der Waals surface area contributed by atoms with Gasteiger partial charge < -0.3 is 14.6 Å². The highest BCUT2D eigenvalue weighted by Gasteiger charge is 2.27. The summed E-state index contributed by atoms with van der Waals surface area (Å²) in [5.41, 5.74) is 5.80. The first-order chi connectivity index (χ1) is 13.2. The molecule has 0 fully saturated rings. The second-order valence-electron chi connectivity index (χ2n) is 6.58. The van der Waals surface area contributed by atoms with E-state index >= 15 is 0 Å². The van der Waals surface area contributed by atoms with Crippen molar-refractivity contribution in [2.24, 2.45) is 7.05 Å². The quantitative estimate of drug-likeness (QED) is 0.768. The number of benzene rings is 1. The maximum Gasteiger partial charge on any atom is 0.123 e. The van der Waals surface area contributed by atoms with Gasteiger partial charge in [-0.1, -0.05) is 6.08 Å². The minimum absolute atomic E-state index is 0.0737. The Morgan fingerprint density at radius 1 is 1.15 bits per heavy atom. The number of fused-ring (bicyclic) bond motifs is 1. The van der Waals surface area contributed by atoms with Crippen LogP contribution in [0.15, 0.2) is 78.0 Å². The molecule has 2 aromatic heterocycles. The Bertz CT molecular complexity index is 1070. The third-order valence-electron chi connectivity index (χ3n) is 4.78. The molecule has 0 saturated heterocycles. The molecular formula is C21H17FN4O. The van der Waals surface area contributed by atoms with Crippen molar-refractivity contribution in [1.29, 1.82) is 0 Å². The van der Waals surface area contributed by atoms with Crippen LogP contribution in [0.5, 0.6) is 0 Å².